The summed E-state index contributed by atoms with van der Waals surface area (Å²) in [6.45, 7) is 12.5. The molecule has 1 atom stereocenters. The molecule has 4 aromatic rings. The van der Waals surface area contributed by atoms with Crippen molar-refractivity contribution in [2.45, 2.75) is 71.1 Å². The van der Waals surface area contributed by atoms with E-state index in [1.807, 2.05) is 39.8 Å². The molecule has 0 N–H and O–H groups in total. The van der Waals surface area contributed by atoms with E-state index in [1.165, 1.54) is 47.4 Å². The van der Waals surface area contributed by atoms with Gasteiger partial charge in [-0.25, -0.2) is 15.0 Å². The molecular formula is C30H35BF2N4O2S. The standard InChI is InChI=1S/C19H20FN3S.C11H15BFNO2/c1-13-3-2-9-23(13)10-8-19-22-16-6-4-14(11-17(16)24-19)15-5-7-18(20)21-12-15;1-10(2)11(3,4)16-12(15-10)8-5-6-9(13)14-7-8/h4-7,11-13H,2-3,8-10H2,1H3;5-7H,1-4H3/t13-;/m1./s1. The fourth-order valence-electron chi connectivity index (χ4n) is 4.88. The summed E-state index contributed by atoms with van der Waals surface area (Å²) in [5.41, 5.74) is 3.00. The molecule has 0 unspecified atom stereocenters. The van der Waals surface area contributed by atoms with Gasteiger partial charge in [0.15, 0.2) is 0 Å². The number of halogens is 2. The van der Waals surface area contributed by atoms with Gasteiger partial charge in [-0.05, 0) is 89.9 Å². The zero-order valence-corrected chi connectivity index (χ0v) is 24.5. The highest BCUT2D eigenvalue weighted by atomic mass is 32.1. The summed E-state index contributed by atoms with van der Waals surface area (Å²) in [4.78, 5) is 14.7. The molecule has 210 valence electrons. The molecule has 6 rings (SSSR count). The molecule has 0 amide bonds. The molecule has 40 heavy (non-hydrogen) atoms. The van der Waals surface area contributed by atoms with E-state index in [-0.39, 0.29) is 11.2 Å². The lowest BCUT2D eigenvalue weighted by molar-refractivity contribution is 0.00578. The third-order valence-electron chi connectivity index (χ3n) is 8.07. The van der Waals surface area contributed by atoms with Gasteiger partial charge in [-0.3, -0.25) is 0 Å². The van der Waals surface area contributed by atoms with Gasteiger partial charge >= 0.3 is 7.12 Å². The maximum Gasteiger partial charge on any atom is 0.496 e. The first-order valence-electron chi connectivity index (χ1n) is 13.7. The van der Waals surface area contributed by atoms with Crippen molar-refractivity contribution in [3.05, 3.63) is 71.8 Å². The quantitative estimate of drug-likeness (QED) is 0.218. The number of hydrogen-bond donors (Lipinski definition) is 0. The Labute approximate surface area is 238 Å². The highest BCUT2D eigenvalue weighted by molar-refractivity contribution is 7.18. The number of fused-ring (bicyclic) bond motifs is 1. The highest BCUT2D eigenvalue weighted by Gasteiger charge is 2.51. The van der Waals surface area contributed by atoms with Gasteiger partial charge in [-0.1, -0.05) is 12.1 Å². The van der Waals surface area contributed by atoms with E-state index in [0.29, 0.717) is 6.04 Å². The molecular weight excluding hydrogens is 529 g/mol. The first-order valence-corrected chi connectivity index (χ1v) is 14.5. The van der Waals surface area contributed by atoms with E-state index in [1.54, 1.807) is 29.7 Å². The minimum atomic E-state index is -0.500. The number of hydrogen-bond acceptors (Lipinski definition) is 7. The van der Waals surface area contributed by atoms with Crippen LogP contribution < -0.4 is 5.46 Å². The third-order valence-corrected chi connectivity index (χ3v) is 9.15. The minimum Gasteiger partial charge on any atom is -0.399 e. The predicted molar refractivity (Wildman–Crippen MR) is 157 cm³/mol. The zero-order chi connectivity index (χ0) is 28.5. The molecule has 3 aromatic heterocycles. The maximum absolute atomic E-state index is 13.0. The molecule has 6 nitrogen and oxygen atoms in total. The topological polar surface area (TPSA) is 60.4 Å². The largest absolute Gasteiger partial charge is 0.496 e. The number of thiazole rings is 1. The van der Waals surface area contributed by atoms with Crippen molar-refractivity contribution in [1.29, 1.82) is 0 Å². The van der Waals surface area contributed by atoms with Crippen molar-refractivity contribution in [1.82, 2.24) is 19.9 Å². The molecule has 2 aliphatic heterocycles. The van der Waals surface area contributed by atoms with E-state index in [2.05, 4.69) is 27.9 Å². The van der Waals surface area contributed by atoms with E-state index >= 15 is 0 Å². The minimum absolute atomic E-state index is 0.383. The number of pyridine rings is 2. The third kappa shape index (κ3) is 6.41. The molecule has 0 aliphatic carbocycles. The summed E-state index contributed by atoms with van der Waals surface area (Å²) in [5.74, 6) is -0.948. The normalized spacial score (nSPS) is 20.1. The van der Waals surface area contributed by atoms with E-state index in [0.717, 1.165) is 35.1 Å². The number of benzene rings is 1. The van der Waals surface area contributed by atoms with Crippen LogP contribution in [0.1, 0.15) is 52.5 Å². The Hall–Kier alpha value is -2.79. The van der Waals surface area contributed by atoms with Crippen LogP contribution in [0.15, 0.2) is 54.9 Å². The van der Waals surface area contributed by atoms with Crippen LogP contribution in [0.25, 0.3) is 21.3 Å². The number of rotatable bonds is 5. The summed E-state index contributed by atoms with van der Waals surface area (Å²) in [6, 6.07) is 13.0. The Morgan fingerprint density at radius 3 is 2.23 bits per heavy atom. The second kappa shape index (κ2) is 11.6. The van der Waals surface area contributed by atoms with Crippen LogP contribution in [0.2, 0.25) is 0 Å². The smallest absolute Gasteiger partial charge is 0.399 e. The van der Waals surface area contributed by atoms with Crippen LogP contribution in [-0.4, -0.2) is 57.3 Å². The first kappa shape index (κ1) is 28.7. The van der Waals surface area contributed by atoms with Gasteiger partial charge < -0.3 is 14.2 Å². The van der Waals surface area contributed by atoms with Crippen molar-refractivity contribution >= 4 is 34.1 Å². The van der Waals surface area contributed by atoms with Crippen LogP contribution in [0, 0.1) is 11.9 Å². The Morgan fingerprint density at radius 2 is 1.62 bits per heavy atom. The zero-order valence-electron chi connectivity index (χ0n) is 23.7. The van der Waals surface area contributed by atoms with Crippen LogP contribution in [0.3, 0.4) is 0 Å². The molecule has 0 saturated carbocycles. The number of nitrogens with zero attached hydrogens (tertiary/aromatic N) is 4. The Balaban J connectivity index is 0.000000176. The lowest BCUT2D eigenvalue weighted by atomic mass is 9.80. The van der Waals surface area contributed by atoms with Gasteiger partial charge in [-0.15, -0.1) is 11.3 Å². The SMILES string of the molecule is CC1(C)OB(c2ccc(F)nc2)OC1(C)C.C[C@@H]1CCCN1CCc1nc2ccc(-c3ccc(F)nc3)cc2s1. The molecule has 2 saturated heterocycles. The first-order chi connectivity index (χ1) is 19.0. The van der Waals surface area contributed by atoms with Gasteiger partial charge in [0.1, 0.15) is 0 Å². The van der Waals surface area contributed by atoms with Gasteiger partial charge in [0.05, 0.1) is 26.4 Å². The monoisotopic (exact) mass is 564 g/mol. The van der Waals surface area contributed by atoms with Gasteiger partial charge in [0.25, 0.3) is 0 Å². The second-order valence-corrected chi connectivity index (χ2v) is 12.6. The number of aromatic nitrogens is 3. The van der Waals surface area contributed by atoms with Gasteiger partial charge in [-0.2, -0.15) is 8.78 Å². The van der Waals surface area contributed by atoms with Gasteiger partial charge in [0.2, 0.25) is 11.9 Å². The van der Waals surface area contributed by atoms with Crippen LogP contribution in [-0.2, 0) is 15.7 Å². The lowest BCUT2D eigenvalue weighted by Crippen LogP contribution is -2.41. The molecule has 0 spiro atoms. The second-order valence-electron chi connectivity index (χ2n) is 11.4. The highest BCUT2D eigenvalue weighted by Crippen LogP contribution is 2.36. The lowest BCUT2D eigenvalue weighted by Gasteiger charge is -2.32. The van der Waals surface area contributed by atoms with Crippen molar-refractivity contribution < 1.29 is 18.1 Å². The molecule has 2 fully saturated rings. The van der Waals surface area contributed by atoms with Crippen molar-refractivity contribution in [2.75, 3.05) is 13.1 Å². The maximum atomic E-state index is 13.0. The molecule has 0 bridgehead atoms. The van der Waals surface area contributed by atoms with Crippen molar-refractivity contribution in [3.63, 3.8) is 0 Å². The number of likely N-dealkylation sites (tertiary alicyclic amines) is 1. The average Bonchev–Trinajstić information content (AvgIpc) is 3.58. The summed E-state index contributed by atoms with van der Waals surface area (Å²) in [5, 5.41) is 1.19. The Bertz CT molecular complexity index is 1430. The molecule has 2 aliphatic rings. The molecule has 1 aromatic carbocycles. The van der Waals surface area contributed by atoms with Crippen LogP contribution >= 0.6 is 11.3 Å². The van der Waals surface area contributed by atoms with E-state index in [9.17, 15) is 8.78 Å². The van der Waals surface area contributed by atoms with Crippen LogP contribution in [0.4, 0.5) is 8.78 Å². The van der Waals surface area contributed by atoms with E-state index < -0.39 is 19.0 Å². The molecule has 10 heteroatoms. The van der Waals surface area contributed by atoms with E-state index in [4.69, 9.17) is 14.3 Å². The molecule has 5 heterocycles. The summed E-state index contributed by atoms with van der Waals surface area (Å²) in [7, 11) is -0.474. The Kier molecular flexibility index (Phi) is 8.33. The van der Waals surface area contributed by atoms with Crippen molar-refractivity contribution in [3.8, 4) is 11.1 Å². The van der Waals surface area contributed by atoms with Crippen LogP contribution in [0.5, 0.6) is 0 Å². The molecule has 0 radical (unpaired) electrons. The van der Waals surface area contributed by atoms with Gasteiger partial charge in [0, 0.05) is 42.4 Å². The van der Waals surface area contributed by atoms with Crippen molar-refractivity contribution in [2.24, 2.45) is 0 Å². The predicted octanol–water partition coefficient (Wildman–Crippen LogP) is 6.04. The fourth-order valence-corrected chi connectivity index (χ4v) is 5.87. The average molecular weight is 565 g/mol. The summed E-state index contributed by atoms with van der Waals surface area (Å²) < 4.78 is 38.5. The Morgan fingerprint density at radius 1 is 0.950 bits per heavy atom. The summed E-state index contributed by atoms with van der Waals surface area (Å²) in [6.07, 6.45) is 6.66. The fraction of sp³-hybridized carbons (Fsp3) is 0.433. The summed E-state index contributed by atoms with van der Waals surface area (Å²) >= 11 is 1.76.